The molecule has 20 heavy (non-hydrogen) atoms. The zero-order valence-corrected chi connectivity index (χ0v) is 11.0. The number of rotatable bonds is 5. The average Bonchev–Trinajstić information content (AvgIpc) is 2.41. The lowest BCUT2D eigenvalue weighted by atomic mass is 10.2. The standard InChI is InChI=1S/C13H17N3O4/c17-12(5-11-8-20-4-3-14-11)16-10-2-1-9(15-7-10)6-13(18)19/h1-2,7,11,14H,3-6,8H2,(H,16,17)(H,18,19). The molecule has 0 bridgehead atoms. The third kappa shape index (κ3) is 4.60. The van der Waals surface area contributed by atoms with E-state index in [1.165, 1.54) is 6.20 Å². The van der Waals surface area contributed by atoms with Crippen LogP contribution in [0.5, 0.6) is 0 Å². The minimum atomic E-state index is -0.933. The Bertz CT molecular complexity index is 469. The lowest BCUT2D eigenvalue weighted by molar-refractivity contribution is -0.136. The van der Waals surface area contributed by atoms with Crippen molar-refractivity contribution in [3.05, 3.63) is 24.0 Å². The summed E-state index contributed by atoms with van der Waals surface area (Å²) in [6.07, 6.45) is 1.66. The molecular weight excluding hydrogens is 262 g/mol. The van der Waals surface area contributed by atoms with Crippen molar-refractivity contribution in [1.29, 1.82) is 0 Å². The Morgan fingerprint density at radius 1 is 1.50 bits per heavy atom. The van der Waals surface area contributed by atoms with Crippen LogP contribution in [-0.4, -0.2) is 47.8 Å². The molecule has 7 heteroatoms. The third-order valence-corrected chi connectivity index (χ3v) is 2.87. The van der Waals surface area contributed by atoms with Gasteiger partial charge < -0.3 is 20.5 Å². The molecule has 0 radical (unpaired) electrons. The van der Waals surface area contributed by atoms with E-state index in [9.17, 15) is 9.59 Å². The monoisotopic (exact) mass is 279 g/mol. The van der Waals surface area contributed by atoms with E-state index in [4.69, 9.17) is 9.84 Å². The summed E-state index contributed by atoms with van der Waals surface area (Å²) in [6.45, 7) is 1.96. The van der Waals surface area contributed by atoms with Crippen LogP contribution in [0.1, 0.15) is 12.1 Å². The zero-order valence-electron chi connectivity index (χ0n) is 11.0. The summed E-state index contributed by atoms with van der Waals surface area (Å²) in [4.78, 5) is 26.3. The molecule has 1 amide bonds. The highest BCUT2D eigenvalue weighted by Gasteiger charge is 2.16. The molecule has 0 saturated carbocycles. The summed E-state index contributed by atoms with van der Waals surface area (Å²) in [7, 11) is 0. The van der Waals surface area contributed by atoms with Gasteiger partial charge in [0.05, 0.1) is 37.2 Å². The number of pyridine rings is 1. The second kappa shape index (κ2) is 6.97. The molecular formula is C13H17N3O4. The van der Waals surface area contributed by atoms with Crippen molar-refractivity contribution in [3.8, 4) is 0 Å². The number of nitrogens with one attached hydrogen (secondary N) is 2. The van der Waals surface area contributed by atoms with Crippen molar-refractivity contribution >= 4 is 17.6 Å². The minimum absolute atomic E-state index is 0.0305. The maximum Gasteiger partial charge on any atom is 0.309 e. The summed E-state index contributed by atoms with van der Waals surface area (Å²) in [6, 6.07) is 3.27. The largest absolute Gasteiger partial charge is 0.481 e. The van der Waals surface area contributed by atoms with Gasteiger partial charge in [-0.25, -0.2) is 0 Å². The van der Waals surface area contributed by atoms with Gasteiger partial charge in [-0.15, -0.1) is 0 Å². The fourth-order valence-electron chi connectivity index (χ4n) is 1.94. The molecule has 0 spiro atoms. The predicted octanol–water partition coefficient (Wildman–Crippen LogP) is 0.0257. The number of aliphatic carboxylic acids is 1. The number of ether oxygens (including phenoxy) is 1. The van der Waals surface area contributed by atoms with Gasteiger partial charge in [0.2, 0.25) is 5.91 Å². The Labute approximate surface area is 116 Å². The van der Waals surface area contributed by atoms with Crippen LogP contribution in [0, 0.1) is 0 Å². The van der Waals surface area contributed by atoms with E-state index in [1.807, 2.05) is 0 Å². The molecule has 0 aromatic carbocycles. The minimum Gasteiger partial charge on any atom is -0.481 e. The Balaban J connectivity index is 1.82. The molecule has 1 saturated heterocycles. The van der Waals surface area contributed by atoms with Crippen LogP contribution >= 0.6 is 0 Å². The van der Waals surface area contributed by atoms with Crippen molar-refractivity contribution in [2.45, 2.75) is 18.9 Å². The topological polar surface area (TPSA) is 101 Å². The van der Waals surface area contributed by atoms with Crippen LogP contribution in [0.2, 0.25) is 0 Å². The van der Waals surface area contributed by atoms with E-state index in [2.05, 4.69) is 15.6 Å². The molecule has 7 nitrogen and oxygen atoms in total. The maximum atomic E-state index is 11.8. The number of morpholine rings is 1. The summed E-state index contributed by atoms with van der Waals surface area (Å²) in [5.41, 5.74) is 1.01. The number of carbonyl (C=O) groups excluding carboxylic acids is 1. The Hall–Kier alpha value is -1.99. The molecule has 1 atom stereocenters. The fraction of sp³-hybridized carbons (Fsp3) is 0.462. The van der Waals surface area contributed by atoms with E-state index >= 15 is 0 Å². The number of anilines is 1. The maximum absolute atomic E-state index is 11.8. The normalized spacial score (nSPS) is 18.5. The number of carbonyl (C=O) groups is 2. The van der Waals surface area contributed by atoms with Crippen molar-refractivity contribution < 1.29 is 19.4 Å². The average molecular weight is 279 g/mol. The molecule has 3 N–H and O–H groups in total. The van der Waals surface area contributed by atoms with E-state index < -0.39 is 5.97 Å². The van der Waals surface area contributed by atoms with Gasteiger partial charge in [-0.1, -0.05) is 0 Å². The van der Waals surface area contributed by atoms with E-state index in [1.54, 1.807) is 12.1 Å². The first-order valence-electron chi connectivity index (χ1n) is 6.41. The van der Waals surface area contributed by atoms with E-state index in [0.29, 0.717) is 31.0 Å². The molecule has 1 aliphatic rings. The highest BCUT2D eigenvalue weighted by atomic mass is 16.5. The van der Waals surface area contributed by atoms with Crippen LogP contribution in [0.4, 0.5) is 5.69 Å². The Morgan fingerprint density at radius 3 is 2.95 bits per heavy atom. The highest BCUT2D eigenvalue weighted by Crippen LogP contribution is 2.08. The first-order valence-corrected chi connectivity index (χ1v) is 6.41. The highest BCUT2D eigenvalue weighted by molar-refractivity contribution is 5.90. The van der Waals surface area contributed by atoms with Gasteiger partial charge in [0.15, 0.2) is 0 Å². The molecule has 1 unspecified atom stereocenters. The van der Waals surface area contributed by atoms with Crippen molar-refractivity contribution in [1.82, 2.24) is 10.3 Å². The first-order chi connectivity index (χ1) is 9.63. The molecule has 2 rings (SSSR count). The molecule has 1 aromatic heterocycles. The number of nitrogens with zero attached hydrogens (tertiary/aromatic N) is 1. The van der Waals surface area contributed by atoms with Crippen molar-refractivity contribution in [3.63, 3.8) is 0 Å². The lowest BCUT2D eigenvalue weighted by Crippen LogP contribution is -2.43. The van der Waals surface area contributed by atoms with Crippen molar-refractivity contribution in [2.24, 2.45) is 0 Å². The van der Waals surface area contributed by atoms with Crippen molar-refractivity contribution in [2.75, 3.05) is 25.1 Å². The molecule has 1 aromatic rings. The van der Waals surface area contributed by atoms with Crippen LogP contribution in [-0.2, 0) is 20.7 Å². The Morgan fingerprint density at radius 2 is 2.35 bits per heavy atom. The SMILES string of the molecule is O=C(O)Cc1ccc(NC(=O)CC2COCCN2)cn1. The molecule has 1 fully saturated rings. The number of carboxylic acid groups (broad SMARTS) is 1. The number of amides is 1. The van der Waals surface area contributed by atoms with E-state index in [-0.39, 0.29) is 18.4 Å². The fourth-order valence-corrected chi connectivity index (χ4v) is 1.94. The van der Waals surface area contributed by atoms with Crippen LogP contribution in [0.25, 0.3) is 0 Å². The van der Waals surface area contributed by atoms with E-state index in [0.717, 1.165) is 6.54 Å². The van der Waals surface area contributed by atoms with Crippen LogP contribution < -0.4 is 10.6 Å². The summed E-state index contributed by atoms with van der Waals surface area (Å²) >= 11 is 0. The lowest BCUT2D eigenvalue weighted by Gasteiger charge is -2.23. The second-order valence-corrected chi connectivity index (χ2v) is 4.59. The second-order valence-electron chi connectivity index (χ2n) is 4.59. The van der Waals surface area contributed by atoms with Gasteiger partial charge in [0.1, 0.15) is 0 Å². The number of hydrogen-bond donors (Lipinski definition) is 3. The number of carboxylic acids is 1. The van der Waals surface area contributed by atoms with Gasteiger partial charge in [-0.2, -0.15) is 0 Å². The van der Waals surface area contributed by atoms with Gasteiger partial charge >= 0.3 is 5.97 Å². The van der Waals surface area contributed by atoms with Crippen LogP contribution in [0.3, 0.4) is 0 Å². The first kappa shape index (κ1) is 14.4. The number of hydrogen-bond acceptors (Lipinski definition) is 5. The Kier molecular flexibility index (Phi) is 5.03. The van der Waals surface area contributed by atoms with Gasteiger partial charge in [-0.3, -0.25) is 14.6 Å². The molecule has 1 aliphatic heterocycles. The smallest absolute Gasteiger partial charge is 0.309 e. The van der Waals surface area contributed by atoms with Crippen LogP contribution in [0.15, 0.2) is 18.3 Å². The van der Waals surface area contributed by atoms with Gasteiger partial charge in [0, 0.05) is 19.0 Å². The summed E-state index contributed by atoms with van der Waals surface area (Å²) in [5, 5.41) is 14.6. The zero-order chi connectivity index (χ0) is 14.4. The molecule has 108 valence electrons. The van der Waals surface area contributed by atoms with Gasteiger partial charge in [-0.05, 0) is 12.1 Å². The summed E-state index contributed by atoms with van der Waals surface area (Å²) in [5.74, 6) is -1.06. The molecule has 0 aliphatic carbocycles. The number of aromatic nitrogens is 1. The predicted molar refractivity (Wildman–Crippen MR) is 71.4 cm³/mol. The van der Waals surface area contributed by atoms with Gasteiger partial charge in [0.25, 0.3) is 0 Å². The molecule has 2 heterocycles. The quantitative estimate of drug-likeness (QED) is 0.703. The summed E-state index contributed by atoms with van der Waals surface area (Å²) < 4.78 is 5.28. The third-order valence-electron chi connectivity index (χ3n) is 2.87.